The van der Waals surface area contributed by atoms with E-state index < -0.39 is 0 Å². The van der Waals surface area contributed by atoms with Crippen LogP contribution in [0.4, 0.5) is 0 Å². The zero-order valence-corrected chi connectivity index (χ0v) is 13.2. The van der Waals surface area contributed by atoms with Crippen LogP contribution in [0.15, 0.2) is 0 Å². The number of carbonyl (C=O) groups excluding carboxylic acids is 1. The summed E-state index contributed by atoms with van der Waals surface area (Å²) in [6, 6.07) is 0.526. The highest BCUT2D eigenvalue weighted by atomic mass is 16.1. The second kappa shape index (κ2) is 5.91. The summed E-state index contributed by atoms with van der Waals surface area (Å²) in [6.07, 6.45) is 11.4. The Balaban J connectivity index is 1.26. The minimum Gasteiger partial charge on any atom is -0.353 e. The number of piperidine rings is 1. The van der Waals surface area contributed by atoms with E-state index in [1.807, 2.05) is 0 Å². The van der Waals surface area contributed by atoms with E-state index in [1.54, 1.807) is 0 Å². The number of hydrogen-bond acceptors (Lipinski definition) is 2. The van der Waals surface area contributed by atoms with Crippen molar-refractivity contribution < 1.29 is 4.79 Å². The monoisotopic (exact) mass is 290 g/mol. The lowest BCUT2D eigenvalue weighted by molar-refractivity contribution is -0.125. The molecule has 2 N–H and O–H groups in total. The van der Waals surface area contributed by atoms with Crippen LogP contribution in [0.25, 0.3) is 0 Å². The molecule has 1 aliphatic heterocycles. The summed E-state index contributed by atoms with van der Waals surface area (Å²) < 4.78 is 0. The summed E-state index contributed by atoms with van der Waals surface area (Å²) in [5.41, 5.74) is 0. The second-order valence-electron chi connectivity index (χ2n) is 8.26. The summed E-state index contributed by atoms with van der Waals surface area (Å²) in [4.78, 5) is 12.4. The van der Waals surface area contributed by atoms with E-state index in [1.165, 1.54) is 44.9 Å². The molecule has 0 aromatic heterocycles. The first-order valence-corrected chi connectivity index (χ1v) is 9.28. The van der Waals surface area contributed by atoms with Gasteiger partial charge in [-0.25, -0.2) is 0 Å². The van der Waals surface area contributed by atoms with Crippen molar-refractivity contribution in [3.8, 4) is 0 Å². The molecule has 0 aromatic rings. The van der Waals surface area contributed by atoms with Crippen molar-refractivity contribution in [1.29, 1.82) is 0 Å². The van der Waals surface area contributed by atoms with Gasteiger partial charge in [-0.05, 0) is 94.0 Å². The molecule has 0 spiro atoms. The molecule has 3 nitrogen and oxygen atoms in total. The maximum Gasteiger partial charge on any atom is 0.220 e. The molecule has 5 aliphatic rings. The van der Waals surface area contributed by atoms with Gasteiger partial charge in [0.25, 0.3) is 0 Å². The van der Waals surface area contributed by atoms with Crippen molar-refractivity contribution >= 4 is 5.91 Å². The fraction of sp³-hybridized carbons (Fsp3) is 0.944. The molecule has 5 rings (SSSR count). The Kier molecular flexibility index (Phi) is 3.95. The third-order valence-corrected chi connectivity index (χ3v) is 6.79. The Morgan fingerprint density at radius 1 is 0.952 bits per heavy atom. The molecular formula is C18H30N2O. The van der Waals surface area contributed by atoms with Crippen LogP contribution in [0, 0.1) is 29.6 Å². The fourth-order valence-electron chi connectivity index (χ4n) is 5.92. The summed E-state index contributed by atoms with van der Waals surface area (Å²) in [5.74, 6) is 4.72. The number of hydrogen-bond donors (Lipinski definition) is 2. The highest BCUT2D eigenvalue weighted by Crippen LogP contribution is 2.53. The summed E-state index contributed by atoms with van der Waals surface area (Å²) in [7, 11) is 0. The topological polar surface area (TPSA) is 41.1 Å². The number of carbonyl (C=O) groups is 1. The van der Waals surface area contributed by atoms with Gasteiger partial charge in [0.05, 0.1) is 0 Å². The average molecular weight is 290 g/mol. The van der Waals surface area contributed by atoms with Gasteiger partial charge in [0.2, 0.25) is 5.91 Å². The molecule has 0 atom stereocenters. The molecule has 5 fully saturated rings. The fourth-order valence-corrected chi connectivity index (χ4v) is 5.92. The van der Waals surface area contributed by atoms with Crippen LogP contribution in [0.2, 0.25) is 0 Å². The van der Waals surface area contributed by atoms with E-state index >= 15 is 0 Å². The molecule has 1 saturated heterocycles. The highest BCUT2D eigenvalue weighted by Gasteiger charge is 2.48. The van der Waals surface area contributed by atoms with Gasteiger partial charge >= 0.3 is 0 Å². The highest BCUT2D eigenvalue weighted by molar-refractivity contribution is 5.76. The predicted octanol–water partition coefficient (Wildman–Crippen LogP) is 2.71. The van der Waals surface area contributed by atoms with E-state index in [0.717, 1.165) is 55.5 Å². The number of rotatable bonds is 4. The molecule has 0 unspecified atom stereocenters. The Morgan fingerprint density at radius 2 is 1.57 bits per heavy atom. The van der Waals surface area contributed by atoms with Crippen molar-refractivity contribution in [3.05, 3.63) is 0 Å². The molecule has 4 saturated carbocycles. The largest absolute Gasteiger partial charge is 0.353 e. The van der Waals surface area contributed by atoms with E-state index in [0.29, 0.717) is 11.9 Å². The van der Waals surface area contributed by atoms with E-state index in [9.17, 15) is 4.79 Å². The molecule has 0 radical (unpaired) electrons. The zero-order chi connectivity index (χ0) is 14.2. The van der Waals surface area contributed by atoms with Crippen molar-refractivity contribution in [3.63, 3.8) is 0 Å². The van der Waals surface area contributed by atoms with E-state index in [-0.39, 0.29) is 0 Å². The van der Waals surface area contributed by atoms with E-state index in [4.69, 9.17) is 0 Å². The maximum atomic E-state index is 12.4. The van der Waals surface area contributed by atoms with Crippen LogP contribution in [-0.2, 0) is 4.79 Å². The van der Waals surface area contributed by atoms with Gasteiger partial charge in [-0.15, -0.1) is 0 Å². The van der Waals surface area contributed by atoms with Gasteiger partial charge in [-0.2, -0.15) is 0 Å². The first-order chi connectivity index (χ1) is 10.3. The van der Waals surface area contributed by atoms with Crippen molar-refractivity contribution in [2.45, 2.75) is 63.8 Å². The first kappa shape index (κ1) is 14.0. The standard InChI is InChI=1S/C18H30N2O/c21-17(2-1-12-3-5-19-6-4-12)20-18-15-8-13-7-14(10-15)11-16(18)9-13/h12-16,18-19H,1-11H2,(H,20,21). The lowest BCUT2D eigenvalue weighted by Gasteiger charge is -2.54. The van der Waals surface area contributed by atoms with Crippen LogP contribution < -0.4 is 10.6 Å². The SMILES string of the molecule is O=C(CCC1CCNCC1)NC1C2CC3CC(C2)CC1C3. The molecule has 0 aromatic carbocycles. The minimum atomic E-state index is 0.339. The summed E-state index contributed by atoms with van der Waals surface area (Å²) >= 11 is 0. The van der Waals surface area contributed by atoms with E-state index in [2.05, 4.69) is 10.6 Å². The lowest BCUT2D eigenvalue weighted by atomic mass is 9.54. The smallest absolute Gasteiger partial charge is 0.220 e. The quantitative estimate of drug-likeness (QED) is 0.836. The van der Waals surface area contributed by atoms with Crippen LogP contribution in [0.3, 0.4) is 0 Å². The molecule has 4 bridgehead atoms. The van der Waals surface area contributed by atoms with Crippen molar-refractivity contribution in [2.24, 2.45) is 29.6 Å². The molecule has 118 valence electrons. The van der Waals surface area contributed by atoms with Crippen LogP contribution >= 0.6 is 0 Å². The molecular weight excluding hydrogens is 260 g/mol. The van der Waals surface area contributed by atoms with Gasteiger partial charge in [0, 0.05) is 12.5 Å². The minimum absolute atomic E-state index is 0.339. The van der Waals surface area contributed by atoms with Gasteiger partial charge in [-0.1, -0.05) is 0 Å². The summed E-state index contributed by atoms with van der Waals surface area (Å²) in [5, 5.41) is 6.85. The van der Waals surface area contributed by atoms with Gasteiger partial charge in [0.1, 0.15) is 0 Å². The third kappa shape index (κ3) is 2.99. The zero-order valence-electron chi connectivity index (χ0n) is 13.2. The van der Waals surface area contributed by atoms with Gasteiger partial charge in [0.15, 0.2) is 0 Å². The average Bonchev–Trinajstić information content (AvgIpc) is 2.49. The van der Waals surface area contributed by atoms with Gasteiger partial charge < -0.3 is 10.6 Å². The predicted molar refractivity (Wildman–Crippen MR) is 83.8 cm³/mol. The first-order valence-electron chi connectivity index (χ1n) is 9.28. The Labute approximate surface area is 128 Å². The lowest BCUT2D eigenvalue weighted by Crippen LogP contribution is -2.55. The van der Waals surface area contributed by atoms with Crippen LogP contribution in [0.5, 0.6) is 0 Å². The van der Waals surface area contributed by atoms with Crippen molar-refractivity contribution in [2.75, 3.05) is 13.1 Å². The maximum absolute atomic E-state index is 12.4. The Morgan fingerprint density at radius 3 is 2.19 bits per heavy atom. The summed E-state index contributed by atoms with van der Waals surface area (Å²) in [6.45, 7) is 2.28. The molecule has 21 heavy (non-hydrogen) atoms. The number of amides is 1. The van der Waals surface area contributed by atoms with Gasteiger partial charge in [-0.3, -0.25) is 4.79 Å². The normalized spacial score (nSPS) is 42.2. The second-order valence-corrected chi connectivity index (χ2v) is 8.26. The van der Waals surface area contributed by atoms with Crippen LogP contribution in [-0.4, -0.2) is 25.0 Å². The molecule has 4 aliphatic carbocycles. The molecule has 1 amide bonds. The Hall–Kier alpha value is -0.570. The molecule has 3 heteroatoms. The number of nitrogens with one attached hydrogen (secondary N) is 2. The Bertz CT molecular complexity index is 361. The third-order valence-electron chi connectivity index (χ3n) is 6.79. The molecule has 1 heterocycles. The van der Waals surface area contributed by atoms with Crippen LogP contribution in [0.1, 0.15) is 57.8 Å². The van der Waals surface area contributed by atoms with Crippen molar-refractivity contribution in [1.82, 2.24) is 10.6 Å².